The molecule has 0 aliphatic heterocycles. The van der Waals surface area contributed by atoms with Gasteiger partial charge in [-0.3, -0.25) is 4.98 Å². The molecule has 186 valence electrons. The minimum atomic E-state index is -2.55. The van der Waals surface area contributed by atoms with Crippen LogP contribution in [0.5, 0.6) is 0 Å². The van der Waals surface area contributed by atoms with Crippen LogP contribution in [0.1, 0.15) is 69.0 Å². The van der Waals surface area contributed by atoms with Crippen molar-refractivity contribution in [1.29, 1.82) is 0 Å². The van der Waals surface area contributed by atoms with Crippen LogP contribution in [0.25, 0.3) is 0 Å². The first-order chi connectivity index (χ1) is 16.5. The smallest absolute Gasteiger partial charge is 0.311 e. The third-order valence-electron chi connectivity index (χ3n) is 6.46. The second kappa shape index (κ2) is 14.2. The fourth-order valence-electron chi connectivity index (χ4n) is 4.68. The third-order valence-corrected chi connectivity index (χ3v) is 7.96. The van der Waals surface area contributed by atoms with Crippen molar-refractivity contribution in [3.8, 4) is 0 Å². The van der Waals surface area contributed by atoms with Crippen LogP contribution in [-0.4, -0.2) is 28.8 Å². The van der Waals surface area contributed by atoms with Crippen LogP contribution in [0.15, 0.2) is 41.4 Å². The Morgan fingerprint density at radius 2 is 1.88 bits per heavy atom. The lowest BCUT2D eigenvalue weighted by Crippen LogP contribution is -2.29. The van der Waals surface area contributed by atoms with Gasteiger partial charge in [0.05, 0.1) is 10.6 Å². The first-order valence-electron chi connectivity index (χ1n) is 12.0. The number of hydrogen-bond donors (Lipinski definition) is 2. The molecule has 1 unspecified atom stereocenters. The van der Waals surface area contributed by atoms with E-state index in [0.29, 0.717) is 30.1 Å². The van der Waals surface area contributed by atoms with Crippen LogP contribution in [0.2, 0.25) is 0 Å². The highest BCUT2D eigenvalue weighted by molar-refractivity contribution is 7.99. The highest BCUT2D eigenvalue weighted by Gasteiger charge is 2.33. The number of halogens is 2. The Hall–Kier alpha value is -1.44. The summed E-state index contributed by atoms with van der Waals surface area (Å²) in [5.74, 6) is 0.394. The Labute approximate surface area is 206 Å². The van der Waals surface area contributed by atoms with Crippen molar-refractivity contribution in [3.05, 3.63) is 59.4 Å². The Balaban J connectivity index is 1.40. The Bertz CT molecular complexity index is 912. The van der Waals surface area contributed by atoms with Crippen molar-refractivity contribution in [1.82, 2.24) is 10.3 Å². The second-order valence-corrected chi connectivity index (χ2v) is 10.7. The van der Waals surface area contributed by atoms with Gasteiger partial charge in [0, 0.05) is 17.3 Å². The Morgan fingerprint density at radius 3 is 2.59 bits per heavy atom. The van der Waals surface area contributed by atoms with Crippen LogP contribution < -0.4 is 5.32 Å². The molecule has 1 aromatic carbocycles. The number of nitrogens with zero attached hydrogens (tertiary/aromatic N) is 1. The summed E-state index contributed by atoms with van der Waals surface area (Å²) in [7, 11) is -2.55. The lowest BCUT2D eigenvalue weighted by Gasteiger charge is -2.38. The van der Waals surface area contributed by atoms with E-state index < -0.39 is 8.25 Å². The quantitative estimate of drug-likeness (QED) is 0.168. The minimum absolute atomic E-state index is 0.153. The van der Waals surface area contributed by atoms with E-state index in [4.69, 9.17) is 4.89 Å². The number of nitrogens with one attached hydrogen (secondary N) is 1. The number of thioether (sulfide) groups is 1. The molecule has 5 nitrogen and oxygen atoms in total. The van der Waals surface area contributed by atoms with Gasteiger partial charge in [-0.25, -0.2) is 8.78 Å². The van der Waals surface area contributed by atoms with E-state index >= 15 is 0 Å². The third kappa shape index (κ3) is 8.65. The van der Waals surface area contributed by atoms with E-state index in [2.05, 4.69) is 14.8 Å². The zero-order valence-corrected chi connectivity index (χ0v) is 21.2. The molecule has 34 heavy (non-hydrogen) atoms. The average Bonchev–Trinajstić information content (AvgIpc) is 2.83. The molecule has 0 spiro atoms. The number of rotatable bonds is 14. The normalized spacial score (nSPS) is 15.9. The molecular formula is C25H34F2N2O3PS+. The van der Waals surface area contributed by atoms with Gasteiger partial charge in [-0.2, -0.15) is 0 Å². The van der Waals surface area contributed by atoms with Gasteiger partial charge in [0.1, 0.15) is 18.2 Å². The molecule has 2 aromatic rings. The molecule has 0 bridgehead atoms. The zero-order chi connectivity index (χ0) is 24.2. The average molecular weight is 512 g/mol. The van der Waals surface area contributed by atoms with E-state index in [1.165, 1.54) is 42.7 Å². The summed E-state index contributed by atoms with van der Waals surface area (Å²) in [6.45, 7) is 1.21. The van der Waals surface area contributed by atoms with Crippen molar-refractivity contribution in [2.75, 3.05) is 18.9 Å². The summed E-state index contributed by atoms with van der Waals surface area (Å²) in [5.41, 5.74) is 2.03. The fraction of sp³-hybridized carbons (Fsp3) is 0.560. The van der Waals surface area contributed by atoms with Gasteiger partial charge < -0.3 is 5.32 Å². The maximum absolute atomic E-state index is 14.5. The maximum atomic E-state index is 14.5. The molecule has 1 fully saturated rings. The Morgan fingerprint density at radius 1 is 1.12 bits per heavy atom. The SMILES string of the molecule is O=[P+](O)OCCCNCc1cc(F)c(SCCCCC2(c3ccc(F)cc3)CCCCC2)cn1. The summed E-state index contributed by atoms with van der Waals surface area (Å²) in [6.07, 6.45) is 11.4. The highest BCUT2D eigenvalue weighted by Crippen LogP contribution is 2.43. The standard InChI is InChI=1S/C25H33F2N2O3PS/c26-21-9-7-20(8-10-21)25(11-2-1-3-12-25)13-4-5-16-34-24-19-29-22(17-23(24)27)18-28-14-6-15-32-33(30)31/h7-10,17,19,28H,1-6,11-16,18H2/p+1. The fourth-order valence-corrected chi connectivity index (χ4v) is 5.86. The molecular weight excluding hydrogens is 477 g/mol. The van der Waals surface area contributed by atoms with E-state index in [9.17, 15) is 13.3 Å². The van der Waals surface area contributed by atoms with E-state index in [-0.39, 0.29) is 23.7 Å². The largest absolute Gasteiger partial charge is 0.694 e. The molecule has 1 heterocycles. The maximum Gasteiger partial charge on any atom is 0.694 e. The van der Waals surface area contributed by atoms with E-state index in [1.807, 2.05) is 12.1 Å². The summed E-state index contributed by atoms with van der Waals surface area (Å²) in [5, 5.41) is 3.12. The van der Waals surface area contributed by atoms with Gasteiger partial charge in [-0.05, 0) is 73.6 Å². The molecule has 1 atom stereocenters. The molecule has 1 aliphatic carbocycles. The monoisotopic (exact) mass is 511 g/mol. The molecule has 0 radical (unpaired) electrons. The van der Waals surface area contributed by atoms with E-state index in [0.717, 1.165) is 37.9 Å². The molecule has 1 aromatic heterocycles. The van der Waals surface area contributed by atoms with Crippen molar-refractivity contribution >= 4 is 20.0 Å². The van der Waals surface area contributed by atoms with E-state index in [1.54, 1.807) is 18.3 Å². The number of unbranched alkanes of at least 4 members (excludes halogenated alkanes) is 1. The molecule has 1 saturated carbocycles. The number of aromatic nitrogens is 1. The summed E-state index contributed by atoms with van der Waals surface area (Å²) >= 11 is 1.50. The minimum Gasteiger partial charge on any atom is -0.311 e. The van der Waals surface area contributed by atoms with Gasteiger partial charge in [-0.1, -0.05) is 37.8 Å². The van der Waals surface area contributed by atoms with Gasteiger partial charge in [0.25, 0.3) is 0 Å². The molecule has 2 N–H and O–H groups in total. The van der Waals surface area contributed by atoms with Crippen LogP contribution >= 0.6 is 20.0 Å². The van der Waals surface area contributed by atoms with Crippen molar-refractivity contribution in [2.24, 2.45) is 0 Å². The van der Waals surface area contributed by atoms with Crippen LogP contribution in [0, 0.1) is 11.6 Å². The van der Waals surface area contributed by atoms with Gasteiger partial charge in [-0.15, -0.1) is 21.2 Å². The first-order valence-corrected chi connectivity index (χ1v) is 14.1. The number of pyridine rings is 1. The van der Waals surface area contributed by atoms with Crippen molar-refractivity contribution in [3.63, 3.8) is 0 Å². The number of hydrogen-bond acceptors (Lipinski definition) is 5. The van der Waals surface area contributed by atoms with Crippen LogP contribution in [-0.2, 0) is 21.0 Å². The molecule has 0 saturated heterocycles. The van der Waals surface area contributed by atoms with Crippen molar-refractivity contribution < 1.29 is 22.8 Å². The lowest BCUT2D eigenvalue weighted by atomic mass is 9.67. The molecule has 0 amide bonds. The molecule has 9 heteroatoms. The zero-order valence-electron chi connectivity index (χ0n) is 19.5. The topological polar surface area (TPSA) is 71.5 Å². The first kappa shape index (κ1) is 27.2. The number of benzene rings is 1. The van der Waals surface area contributed by atoms with Gasteiger partial charge >= 0.3 is 8.25 Å². The lowest BCUT2D eigenvalue weighted by molar-refractivity contribution is 0.267. The predicted molar refractivity (Wildman–Crippen MR) is 132 cm³/mol. The second-order valence-electron chi connectivity index (χ2n) is 8.86. The van der Waals surface area contributed by atoms with Gasteiger partial charge in [0.2, 0.25) is 0 Å². The van der Waals surface area contributed by atoms with Gasteiger partial charge in [0.15, 0.2) is 0 Å². The Kier molecular flexibility index (Phi) is 11.3. The molecule has 1 aliphatic rings. The summed E-state index contributed by atoms with van der Waals surface area (Å²) < 4.78 is 42.9. The highest BCUT2D eigenvalue weighted by atomic mass is 32.2. The van der Waals surface area contributed by atoms with Crippen molar-refractivity contribution in [2.45, 2.75) is 74.6 Å². The molecule has 3 rings (SSSR count). The summed E-state index contributed by atoms with van der Waals surface area (Å²) in [6, 6.07) is 8.52. The predicted octanol–water partition coefficient (Wildman–Crippen LogP) is 6.67. The van der Waals surface area contributed by atoms with Crippen LogP contribution in [0.4, 0.5) is 8.78 Å². The van der Waals surface area contributed by atoms with Crippen LogP contribution in [0.3, 0.4) is 0 Å². The summed E-state index contributed by atoms with van der Waals surface area (Å²) in [4.78, 5) is 13.5.